The van der Waals surface area contributed by atoms with Gasteiger partial charge in [0.1, 0.15) is 0 Å². The van der Waals surface area contributed by atoms with E-state index in [-0.39, 0.29) is 5.78 Å². The fourth-order valence-corrected chi connectivity index (χ4v) is 5.21. The number of ketones is 1. The summed E-state index contributed by atoms with van der Waals surface area (Å²) < 4.78 is 20.3. The van der Waals surface area contributed by atoms with Crippen molar-refractivity contribution in [1.29, 1.82) is 0 Å². The summed E-state index contributed by atoms with van der Waals surface area (Å²) in [6.45, 7) is 9.67. The molecule has 0 aromatic carbocycles. The molecule has 0 aromatic rings. The lowest BCUT2D eigenvalue weighted by atomic mass is 9.89. The van der Waals surface area contributed by atoms with Crippen molar-refractivity contribution in [3.05, 3.63) is 0 Å². The summed E-state index contributed by atoms with van der Waals surface area (Å²) in [5.74, 6) is 15.1. The Balaban J connectivity index is 0.000000254. The minimum atomic E-state index is -1.85. The van der Waals surface area contributed by atoms with Gasteiger partial charge in [-0.05, 0) is 69.6 Å². The summed E-state index contributed by atoms with van der Waals surface area (Å²) in [6.07, 6.45) is 14.9. The number of unbranched alkanes of at least 4 members (excludes halogenated alkanes) is 3. The zero-order chi connectivity index (χ0) is 24.8. The second kappa shape index (κ2) is 15.6. The minimum Gasteiger partial charge on any atom is -0.378 e. The molecule has 0 heterocycles. The van der Waals surface area contributed by atoms with Crippen LogP contribution in [-0.4, -0.2) is 24.2 Å². The van der Waals surface area contributed by atoms with Crippen molar-refractivity contribution in [3.8, 4) is 23.7 Å². The Hall–Kier alpha value is -1.32. The number of ether oxygens (including phenoxy) is 1. The first-order valence-corrected chi connectivity index (χ1v) is 14.1. The average molecular weight is 473 g/mol. The largest absolute Gasteiger partial charge is 0.378 e. The third-order valence-electron chi connectivity index (χ3n) is 7.45. The molecule has 192 valence electrons. The first-order valence-electron chi connectivity index (χ1n) is 14.1. The van der Waals surface area contributed by atoms with Gasteiger partial charge in [0.25, 0.3) is 0 Å². The Morgan fingerprint density at radius 3 is 2.24 bits per heavy atom. The molecule has 3 heteroatoms. The summed E-state index contributed by atoms with van der Waals surface area (Å²) in [4.78, 5) is 12.0. The molecule has 0 aliphatic heterocycles. The van der Waals surface area contributed by atoms with Crippen LogP contribution < -0.4 is 0 Å². The topological polar surface area (TPSA) is 26.3 Å². The van der Waals surface area contributed by atoms with Crippen molar-refractivity contribution in [2.75, 3.05) is 6.61 Å². The number of Topliss-reactive ketones (excluding diaryl/α,β-unsaturated/α-hetero) is 1. The molecular weight excluding hydrogens is 423 g/mol. The van der Waals surface area contributed by atoms with Crippen LogP contribution in [0, 0.1) is 47.4 Å². The van der Waals surface area contributed by atoms with Gasteiger partial charge in [0.05, 0.1) is 12.7 Å². The van der Waals surface area contributed by atoms with E-state index < -0.39 is 5.67 Å². The second-order valence-corrected chi connectivity index (χ2v) is 11.2. The molecule has 2 unspecified atom stereocenters. The van der Waals surface area contributed by atoms with Crippen molar-refractivity contribution >= 4 is 5.78 Å². The number of fused-ring (bicyclic) bond motifs is 1. The van der Waals surface area contributed by atoms with Crippen LogP contribution in [0.2, 0.25) is 0 Å². The molecule has 0 aromatic heterocycles. The average Bonchev–Trinajstić information content (AvgIpc) is 3.41. The maximum Gasteiger partial charge on any atom is 0.228 e. The van der Waals surface area contributed by atoms with Crippen molar-refractivity contribution in [3.63, 3.8) is 0 Å². The Kier molecular flexibility index (Phi) is 13.3. The third-order valence-corrected chi connectivity index (χ3v) is 7.45. The molecule has 2 nitrogen and oxygen atoms in total. The summed E-state index contributed by atoms with van der Waals surface area (Å²) in [5.41, 5.74) is -1.85. The maximum atomic E-state index is 14.6. The van der Waals surface area contributed by atoms with Gasteiger partial charge in [0, 0.05) is 32.1 Å². The highest BCUT2D eigenvalue weighted by molar-refractivity contribution is 5.90. The van der Waals surface area contributed by atoms with Crippen LogP contribution >= 0.6 is 0 Å². The quantitative estimate of drug-likeness (QED) is 0.224. The Morgan fingerprint density at radius 2 is 1.59 bits per heavy atom. The van der Waals surface area contributed by atoms with E-state index in [1.165, 1.54) is 25.7 Å². The predicted molar refractivity (Wildman–Crippen MR) is 140 cm³/mol. The highest BCUT2D eigenvalue weighted by atomic mass is 19.1. The van der Waals surface area contributed by atoms with Gasteiger partial charge in [0.15, 0.2) is 5.78 Å². The van der Waals surface area contributed by atoms with Crippen LogP contribution in [0.15, 0.2) is 0 Å². The number of carbonyl (C=O) groups is 1. The Bertz CT molecular complexity index is 701. The Morgan fingerprint density at radius 1 is 0.912 bits per heavy atom. The van der Waals surface area contributed by atoms with Gasteiger partial charge in [-0.15, -0.1) is 11.8 Å². The van der Waals surface area contributed by atoms with Crippen molar-refractivity contribution in [2.45, 2.75) is 136 Å². The molecule has 3 aliphatic carbocycles. The van der Waals surface area contributed by atoms with Crippen LogP contribution in [0.3, 0.4) is 0 Å². The van der Waals surface area contributed by atoms with E-state index >= 15 is 0 Å². The van der Waals surface area contributed by atoms with Gasteiger partial charge in [-0.2, -0.15) is 0 Å². The van der Waals surface area contributed by atoms with Gasteiger partial charge in [-0.1, -0.05) is 57.8 Å². The molecule has 0 amide bonds. The van der Waals surface area contributed by atoms with Gasteiger partial charge in [-0.3, -0.25) is 4.79 Å². The SMILES string of the molecule is CC(C)CCCCCCC(=O)C1(F)C#CCCCCC1.CC(C)OCC1[C@H]2CCC#CCC[C@@H]12. The molecule has 0 saturated heterocycles. The molecule has 0 N–H and O–H groups in total. The van der Waals surface area contributed by atoms with Crippen LogP contribution in [0.25, 0.3) is 0 Å². The van der Waals surface area contributed by atoms with Crippen LogP contribution in [0.5, 0.6) is 0 Å². The van der Waals surface area contributed by atoms with E-state index in [1.54, 1.807) is 0 Å². The highest BCUT2D eigenvalue weighted by Gasteiger charge is 2.48. The van der Waals surface area contributed by atoms with Crippen LogP contribution in [-0.2, 0) is 9.53 Å². The number of hydrogen-bond acceptors (Lipinski definition) is 2. The molecular formula is C31H49FO2. The smallest absolute Gasteiger partial charge is 0.228 e. The third kappa shape index (κ3) is 11.0. The molecule has 3 rings (SSSR count). The monoisotopic (exact) mass is 472 g/mol. The molecule has 1 saturated carbocycles. The fraction of sp³-hybridized carbons (Fsp3) is 0.839. The maximum absolute atomic E-state index is 14.6. The van der Waals surface area contributed by atoms with Crippen molar-refractivity contribution < 1.29 is 13.9 Å². The number of carbonyl (C=O) groups excluding carboxylic acids is 1. The normalized spacial score (nSPS) is 27.9. The van der Waals surface area contributed by atoms with Crippen molar-refractivity contribution in [2.24, 2.45) is 23.7 Å². The number of hydrogen-bond donors (Lipinski definition) is 0. The molecule has 1 fully saturated rings. The zero-order valence-corrected chi connectivity index (χ0v) is 22.4. The number of halogens is 1. The summed E-state index contributed by atoms with van der Waals surface area (Å²) in [6, 6.07) is 0. The number of alkyl halides is 1. The van der Waals surface area contributed by atoms with Gasteiger partial charge < -0.3 is 4.74 Å². The second-order valence-electron chi connectivity index (χ2n) is 11.2. The van der Waals surface area contributed by atoms with E-state index in [9.17, 15) is 9.18 Å². The van der Waals surface area contributed by atoms with E-state index in [0.29, 0.717) is 18.9 Å². The van der Waals surface area contributed by atoms with E-state index in [2.05, 4.69) is 51.4 Å². The molecule has 4 atom stereocenters. The molecule has 0 spiro atoms. The highest BCUT2D eigenvalue weighted by Crippen LogP contribution is 2.52. The van der Waals surface area contributed by atoms with Crippen LogP contribution in [0.4, 0.5) is 4.39 Å². The van der Waals surface area contributed by atoms with Gasteiger partial charge in [-0.25, -0.2) is 4.39 Å². The van der Waals surface area contributed by atoms with E-state index in [1.807, 2.05) is 0 Å². The Labute approximate surface area is 209 Å². The number of rotatable bonds is 11. The first kappa shape index (κ1) is 28.9. The molecule has 0 radical (unpaired) electrons. The zero-order valence-electron chi connectivity index (χ0n) is 22.4. The van der Waals surface area contributed by atoms with Gasteiger partial charge >= 0.3 is 0 Å². The first-order chi connectivity index (χ1) is 16.3. The molecule has 3 aliphatic rings. The lowest BCUT2D eigenvalue weighted by molar-refractivity contribution is -0.127. The van der Waals surface area contributed by atoms with Crippen molar-refractivity contribution in [1.82, 2.24) is 0 Å². The van der Waals surface area contributed by atoms with Crippen LogP contribution in [0.1, 0.15) is 124 Å². The van der Waals surface area contributed by atoms with Gasteiger partial charge in [0.2, 0.25) is 5.67 Å². The molecule has 0 bridgehead atoms. The summed E-state index contributed by atoms with van der Waals surface area (Å²) >= 11 is 0. The summed E-state index contributed by atoms with van der Waals surface area (Å²) in [5, 5.41) is 0. The fourth-order valence-electron chi connectivity index (χ4n) is 5.21. The van der Waals surface area contributed by atoms with E-state index in [4.69, 9.17) is 4.74 Å². The molecule has 34 heavy (non-hydrogen) atoms. The summed E-state index contributed by atoms with van der Waals surface area (Å²) in [7, 11) is 0. The lowest BCUT2D eigenvalue weighted by Crippen LogP contribution is -2.32. The standard InChI is InChI=1S/C18H29FO.C13H20O/c1-16(2)12-8-4-5-9-13-17(20)18(19)14-10-6-3-7-11-15-18;1-10(2)14-9-13-11-7-5-3-4-6-8-12(11)13/h16H,3-10,12-14H2,1-2H3;10-13H,5-9H2,1-2H3/t;11-,12+,13?. The van der Waals surface area contributed by atoms with E-state index in [0.717, 1.165) is 88.1 Å². The lowest BCUT2D eigenvalue weighted by Gasteiger charge is -2.19. The minimum absolute atomic E-state index is 0.282. The predicted octanol–water partition coefficient (Wildman–Crippen LogP) is 8.08.